The van der Waals surface area contributed by atoms with Crippen LogP contribution in [0.3, 0.4) is 0 Å². The summed E-state index contributed by atoms with van der Waals surface area (Å²) in [6.45, 7) is 0. The molecule has 1 amide bonds. The van der Waals surface area contributed by atoms with Gasteiger partial charge in [-0.15, -0.1) is 0 Å². The third-order valence-electron chi connectivity index (χ3n) is 3.77. The predicted molar refractivity (Wildman–Crippen MR) is 84.6 cm³/mol. The molecule has 1 aliphatic heterocycles. The average molecular weight is 295 g/mol. The highest BCUT2D eigenvalue weighted by Gasteiger charge is 2.44. The molecule has 2 aromatic carbocycles. The summed E-state index contributed by atoms with van der Waals surface area (Å²) in [6, 6.07) is 17.1. The molecule has 5 heteroatoms. The van der Waals surface area contributed by atoms with Crippen LogP contribution in [0.25, 0.3) is 0 Å². The van der Waals surface area contributed by atoms with Crippen molar-refractivity contribution in [1.29, 1.82) is 0 Å². The molecule has 0 aromatic heterocycles. The van der Waals surface area contributed by atoms with E-state index in [1.807, 2.05) is 54.6 Å². The SMILES string of the molecule is COc1cccc(CC2(c3ccccc3)N=C(N)NC2=O)c1. The first-order chi connectivity index (χ1) is 10.6. The molecule has 2 aromatic rings. The molecular formula is C17H17N3O2. The lowest BCUT2D eigenvalue weighted by atomic mass is 9.84. The summed E-state index contributed by atoms with van der Waals surface area (Å²) in [7, 11) is 1.62. The molecule has 0 aliphatic carbocycles. The lowest BCUT2D eigenvalue weighted by Crippen LogP contribution is -2.40. The van der Waals surface area contributed by atoms with Gasteiger partial charge in [-0.3, -0.25) is 10.1 Å². The molecule has 3 N–H and O–H groups in total. The lowest BCUT2D eigenvalue weighted by molar-refractivity contribution is -0.124. The van der Waals surface area contributed by atoms with Crippen LogP contribution in [-0.4, -0.2) is 19.0 Å². The summed E-state index contributed by atoms with van der Waals surface area (Å²) in [6.07, 6.45) is 0.417. The second kappa shape index (κ2) is 5.52. The Balaban J connectivity index is 2.05. The monoisotopic (exact) mass is 295 g/mol. The number of carbonyl (C=O) groups excluding carboxylic acids is 1. The minimum atomic E-state index is -1.03. The number of aliphatic imine (C=N–C) groups is 1. The van der Waals surface area contributed by atoms with Gasteiger partial charge >= 0.3 is 0 Å². The molecule has 112 valence electrons. The Bertz CT molecular complexity index is 728. The van der Waals surface area contributed by atoms with Gasteiger partial charge in [-0.25, -0.2) is 4.99 Å². The molecule has 0 spiro atoms. The van der Waals surface area contributed by atoms with E-state index in [9.17, 15) is 4.79 Å². The lowest BCUT2D eigenvalue weighted by Gasteiger charge is -2.24. The van der Waals surface area contributed by atoms with E-state index in [0.717, 1.165) is 16.9 Å². The van der Waals surface area contributed by atoms with E-state index in [0.29, 0.717) is 6.42 Å². The molecule has 1 aliphatic rings. The number of hydrogen-bond donors (Lipinski definition) is 2. The van der Waals surface area contributed by atoms with Crippen molar-refractivity contribution in [2.45, 2.75) is 12.0 Å². The molecule has 1 atom stereocenters. The van der Waals surface area contributed by atoms with Gasteiger partial charge in [0, 0.05) is 6.42 Å². The van der Waals surface area contributed by atoms with Crippen LogP contribution in [-0.2, 0) is 16.8 Å². The molecule has 0 saturated carbocycles. The maximum Gasteiger partial charge on any atom is 0.259 e. The number of ether oxygens (including phenoxy) is 1. The number of nitrogens with one attached hydrogen (secondary N) is 1. The van der Waals surface area contributed by atoms with E-state index in [-0.39, 0.29) is 11.9 Å². The minimum absolute atomic E-state index is 0.150. The van der Waals surface area contributed by atoms with Gasteiger partial charge < -0.3 is 10.5 Å². The molecule has 0 fully saturated rings. The second-order valence-electron chi connectivity index (χ2n) is 5.21. The number of carbonyl (C=O) groups is 1. The normalized spacial score (nSPS) is 20.4. The van der Waals surface area contributed by atoms with Gasteiger partial charge in [0.2, 0.25) is 0 Å². The molecule has 0 radical (unpaired) electrons. The number of methoxy groups -OCH3 is 1. The Morgan fingerprint density at radius 2 is 1.95 bits per heavy atom. The number of hydrogen-bond acceptors (Lipinski definition) is 4. The first-order valence-corrected chi connectivity index (χ1v) is 6.99. The average Bonchev–Trinajstić information content (AvgIpc) is 2.83. The summed E-state index contributed by atoms with van der Waals surface area (Å²) < 4.78 is 5.24. The maximum absolute atomic E-state index is 12.5. The van der Waals surface area contributed by atoms with Crippen LogP contribution < -0.4 is 15.8 Å². The Kier molecular flexibility index (Phi) is 3.55. The van der Waals surface area contributed by atoms with Gasteiger partial charge in [-0.1, -0.05) is 42.5 Å². The Morgan fingerprint density at radius 3 is 2.59 bits per heavy atom. The van der Waals surface area contributed by atoms with E-state index in [1.54, 1.807) is 7.11 Å². The van der Waals surface area contributed by atoms with Crippen LogP contribution in [0.1, 0.15) is 11.1 Å². The maximum atomic E-state index is 12.5. The summed E-state index contributed by atoms with van der Waals surface area (Å²) in [4.78, 5) is 16.9. The highest BCUT2D eigenvalue weighted by molar-refractivity contribution is 6.07. The van der Waals surface area contributed by atoms with Gasteiger partial charge in [0.15, 0.2) is 11.5 Å². The van der Waals surface area contributed by atoms with Gasteiger partial charge in [-0.05, 0) is 23.3 Å². The summed E-state index contributed by atoms with van der Waals surface area (Å²) in [5, 5.41) is 2.61. The van der Waals surface area contributed by atoms with Crippen LogP contribution in [0.2, 0.25) is 0 Å². The number of nitrogens with two attached hydrogens (primary N) is 1. The van der Waals surface area contributed by atoms with Crippen molar-refractivity contribution in [3.05, 3.63) is 65.7 Å². The molecule has 1 unspecified atom stereocenters. The molecule has 1 heterocycles. The first kappa shape index (κ1) is 14.1. The van der Waals surface area contributed by atoms with Gasteiger partial charge in [0.25, 0.3) is 5.91 Å². The first-order valence-electron chi connectivity index (χ1n) is 6.99. The Hall–Kier alpha value is -2.82. The molecular weight excluding hydrogens is 278 g/mol. The highest BCUT2D eigenvalue weighted by Crippen LogP contribution is 2.33. The van der Waals surface area contributed by atoms with E-state index in [1.165, 1.54) is 0 Å². The summed E-state index contributed by atoms with van der Waals surface area (Å²) in [5.74, 6) is 0.687. The topological polar surface area (TPSA) is 76.7 Å². The standard InChI is InChI=1S/C17H17N3O2/c1-22-14-9-5-6-12(10-14)11-17(13-7-3-2-4-8-13)15(21)19-16(18)20-17/h2-10H,11H2,1H3,(H3,18,19,20,21). The second-order valence-corrected chi connectivity index (χ2v) is 5.21. The number of guanidine groups is 1. The van der Waals surface area contributed by atoms with Crippen LogP contribution >= 0.6 is 0 Å². The summed E-state index contributed by atoms with van der Waals surface area (Å²) >= 11 is 0. The van der Waals surface area contributed by atoms with E-state index in [4.69, 9.17) is 10.5 Å². The molecule has 5 nitrogen and oxygen atoms in total. The van der Waals surface area contributed by atoms with Crippen molar-refractivity contribution in [2.75, 3.05) is 7.11 Å². The quantitative estimate of drug-likeness (QED) is 0.899. The van der Waals surface area contributed by atoms with Crippen molar-refractivity contribution in [1.82, 2.24) is 5.32 Å². The number of amides is 1. The third kappa shape index (κ3) is 2.41. The van der Waals surface area contributed by atoms with Crippen molar-refractivity contribution in [3.63, 3.8) is 0 Å². The van der Waals surface area contributed by atoms with Crippen molar-refractivity contribution in [2.24, 2.45) is 10.7 Å². The Labute approximate surface area is 128 Å². The largest absolute Gasteiger partial charge is 0.497 e. The van der Waals surface area contributed by atoms with E-state index < -0.39 is 5.54 Å². The Morgan fingerprint density at radius 1 is 1.18 bits per heavy atom. The fraction of sp³-hybridized carbons (Fsp3) is 0.176. The molecule has 0 bridgehead atoms. The smallest absolute Gasteiger partial charge is 0.259 e. The van der Waals surface area contributed by atoms with Crippen molar-refractivity contribution >= 4 is 11.9 Å². The van der Waals surface area contributed by atoms with Crippen LogP contribution in [0.5, 0.6) is 5.75 Å². The third-order valence-corrected chi connectivity index (χ3v) is 3.77. The van der Waals surface area contributed by atoms with E-state index in [2.05, 4.69) is 10.3 Å². The minimum Gasteiger partial charge on any atom is -0.497 e. The fourth-order valence-electron chi connectivity index (χ4n) is 2.71. The van der Waals surface area contributed by atoms with Crippen molar-refractivity contribution < 1.29 is 9.53 Å². The fourth-order valence-corrected chi connectivity index (χ4v) is 2.71. The molecule has 3 rings (SSSR count). The summed E-state index contributed by atoms with van der Waals surface area (Å²) in [5.41, 5.74) is 6.48. The predicted octanol–water partition coefficient (Wildman–Crippen LogP) is 1.58. The van der Waals surface area contributed by atoms with Gasteiger partial charge in [0.1, 0.15) is 5.75 Å². The van der Waals surface area contributed by atoms with Gasteiger partial charge in [0.05, 0.1) is 7.11 Å². The van der Waals surface area contributed by atoms with Crippen LogP contribution in [0, 0.1) is 0 Å². The highest BCUT2D eigenvalue weighted by atomic mass is 16.5. The van der Waals surface area contributed by atoms with Crippen LogP contribution in [0.4, 0.5) is 0 Å². The van der Waals surface area contributed by atoms with Gasteiger partial charge in [-0.2, -0.15) is 0 Å². The number of benzene rings is 2. The zero-order valence-electron chi connectivity index (χ0n) is 12.2. The van der Waals surface area contributed by atoms with Crippen molar-refractivity contribution in [3.8, 4) is 5.75 Å². The zero-order chi connectivity index (χ0) is 15.6. The number of rotatable bonds is 4. The molecule has 0 saturated heterocycles. The van der Waals surface area contributed by atoms with E-state index >= 15 is 0 Å². The number of nitrogens with zero attached hydrogens (tertiary/aromatic N) is 1. The molecule has 22 heavy (non-hydrogen) atoms. The zero-order valence-corrected chi connectivity index (χ0v) is 12.2. The van der Waals surface area contributed by atoms with Crippen LogP contribution in [0.15, 0.2) is 59.6 Å².